The molecule has 0 unspecified atom stereocenters. The molecule has 1 aromatic rings. The van der Waals surface area contributed by atoms with Crippen LogP contribution < -0.4 is 14.8 Å². The number of anilines is 1. The van der Waals surface area contributed by atoms with Crippen LogP contribution in [0.1, 0.15) is 19.4 Å². The number of hydrogen-bond acceptors (Lipinski definition) is 4. The number of ether oxygens (including phenoxy) is 2. The lowest BCUT2D eigenvalue weighted by atomic mass is 9.94. The summed E-state index contributed by atoms with van der Waals surface area (Å²) in [5, 5.41) is 11.7. The molecule has 1 N–H and O–H groups in total. The number of aryl methyl sites for hydroxylation is 1. The van der Waals surface area contributed by atoms with Crippen LogP contribution in [0.5, 0.6) is 11.5 Å². The summed E-state index contributed by atoms with van der Waals surface area (Å²) in [6.07, 6.45) is 0. The number of carbonyl (C=O) groups excluding carboxylic acids is 1. The molecule has 0 heterocycles. The maximum Gasteiger partial charge on any atom is 0.244 e. The molecule has 0 fully saturated rings. The molecule has 0 aromatic heterocycles. The van der Waals surface area contributed by atoms with E-state index in [4.69, 9.17) is 14.7 Å². The van der Waals surface area contributed by atoms with E-state index in [-0.39, 0.29) is 5.91 Å². The highest BCUT2D eigenvalue weighted by atomic mass is 16.5. The van der Waals surface area contributed by atoms with E-state index in [9.17, 15) is 4.79 Å². The fourth-order valence-electron chi connectivity index (χ4n) is 1.44. The lowest BCUT2D eigenvalue weighted by molar-refractivity contribution is -0.121. The Morgan fingerprint density at radius 2 is 1.79 bits per heavy atom. The quantitative estimate of drug-likeness (QED) is 0.905. The molecule has 0 aliphatic rings. The summed E-state index contributed by atoms with van der Waals surface area (Å²) in [4.78, 5) is 12.0. The molecule has 0 bridgehead atoms. The summed E-state index contributed by atoms with van der Waals surface area (Å²) < 4.78 is 10.4. The first-order chi connectivity index (χ1) is 8.85. The van der Waals surface area contributed by atoms with Crippen LogP contribution in [0.2, 0.25) is 0 Å². The molecule has 1 amide bonds. The Labute approximate surface area is 113 Å². The van der Waals surface area contributed by atoms with Crippen molar-refractivity contribution >= 4 is 11.6 Å². The number of hydrogen-bond donors (Lipinski definition) is 1. The minimum atomic E-state index is -1.08. The van der Waals surface area contributed by atoms with Crippen LogP contribution in [0, 0.1) is 23.7 Å². The van der Waals surface area contributed by atoms with Crippen molar-refractivity contribution in [3.05, 3.63) is 17.7 Å². The Morgan fingerprint density at radius 1 is 1.26 bits per heavy atom. The molecule has 1 rings (SSSR count). The molecule has 0 saturated heterocycles. The minimum Gasteiger partial charge on any atom is -0.493 e. The van der Waals surface area contributed by atoms with E-state index in [1.54, 1.807) is 33.1 Å². The zero-order valence-corrected chi connectivity index (χ0v) is 11.8. The normalized spacial score (nSPS) is 10.5. The van der Waals surface area contributed by atoms with Gasteiger partial charge in [0.2, 0.25) is 5.91 Å². The molecule has 0 spiro atoms. The first-order valence-electron chi connectivity index (χ1n) is 5.81. The lowest BCUT2D eigenvalue weighted by Gasteiger charge is -2.18. The summed E-state index contributed by atoms with van der Waals surface area (Å²) in [6, 6.07) is 5.42. The molecule has 19 heavy (non-hydrogen) atoms. The van der Waals surface area contributed by atoms with Crippen molar-refractivity contribution in [2.45, 2.75) is 20.8 Å². The van der Waals surface area contributed by atoms with Gasteiger partial charge in [-0.3, -0.25) is 4.79 Å². The smallest absolute Gasteiger partial charge is 0.244 e. The van der Waals surface area contributed by atoms with Crippen molar-refractivity contribution in [1.82, 2.24) is 0 Å². The second kappa shape index (κ2) is 5.61. The van der Waals surface area contributed by atoms with Gasteiger partial charge >= 0.3 is 0 Å². The predicted octanol–water partition coefficient (Wildman–Crippen LogP) is 2.50. The molecule has 0 radical (unpaired) electrons. The van der Waals surface area contributed by atoms with E-state index in [0.717, 1.165) is 5.56 Å². The fraction of sp³-hybridized carbons (Fsp3) is 0.429. The summed E-state index contributed by atoms with van der Waals surface area (Å²) in [5.74, 6) is 0.765. The van der Waals surface area contributed by atoms with E-state index in [1.165, 1.54) is 7.11 Å². The van der Waals surface area contributed by atoms with Crippen LogP contribution >= 0.6 is 0 Å². The van der Waals surface area contributed by atoms with E-state index in [0.29, 0.717) is 17.2 Å². The predicted molar refractivity (Wildman–Crippen MR) is 72.3 cm³/mol. The van der Waals surface area contributed by atoms with Crippen LogP contribution in [0.25, 0.3) is 0 Å². The van der Waals surface area contributed by atoms with Crippen molar-refractivity contribution in [3.8, 4) is 17.6 Å². The van der Waals surface area contributed by atoms with E-state index >= 15 is 0 Å². The second-order valence-electron chi connectivity index (χ2n) is 4.71. The highest BCUT2D eigenvalue weighted by Gasteiger charge is 2.27. The topological polar surface area (TPSA) is 71.3 Å². The monoisotopic (exact) mass is 262 g/mol. The van der Waals surface area contributed by atoms with Crippen LogP contribution in [-0.4, -0.2) is 20.1 Å². The van der Waals surface area contributed by atoms with E-state index in [2.05, 4.69) is 5.32 Å². The van der Waals surface area contributed by atoms with Gasteiger partial charge in [-0.2, -0.15) is 5.26 Å². The Balaban J connectivity index is 3.10. The van der Waals surface area contributed by atoms with Crippen molar-refractivity contribution in [3.63, 3.8) is 0 Å². The standard InChI is InChI=1S/C14H18N2O3/c1-9-6-11(18-4)12(19-5)7-10(9)16-13(17)14(2,3)8-15/h6-7H,1-5H3,(H,16,17). The summed E-state index contributed by atoms with van der Waals surface area (Å²) in [6.45, 7) is 4.98. The Bertz CT molecular complexity index is 530. The van der Waals surface area contributed by atoms with Crippen LogP contribution in [0.4, 0.5) is 5.69 Å². The number of nitriles is 1. The van der Waals surface area contributed by atoms with Gasteiger partial charge < -0.3 is 14.8 Å². The molecule has 0 aliphatic carbocycles. The second-order valence-corrected chi connectivity index (χ2v) is 4.71. The molecule has 102 valence electrons. The Morgan fingerprint density at radius 3 is 2.26 bits per heavy atom. The number of amides is 1. The molecular formula is C14H18N2O3. The Kier molecular flexibility index (Phi) is 4.38. The van der Waals surface area contributed by atoms with Crippen molar-refractivity contribution in [1.29, 1.82) is 5.26 Å². The summed E-state index contributed by atoms with van der Waals surface area (Å²) >= 11 is 0. The number of rotatable bonds is 4. The maximum atomic E-state index is 12.0. The van der Waals surface area contributed by atoms with Gasteiger partial charge in [-0.05, 0) is 32.4 Å². The van der Waals surface area contributed by atoms with Gasteiger partial charge in [0.05, 0.1) is 20.3 Å². The Hall–Kier alpha value is -2.22. The molecule has 0 saturated carbocycles. The molecule has 1 aromatic carbocycles. The van der Waals surface area contributed by atoms with Gasteiger partial charge in [-0.25, -0.2) is 0 Å². The molecule has 5 heteroatoms. The number of methoxy groups -OCH3 is 2. The average Bonchev–Trinajstić information content (AvgIpc) is 2.40. The first-order valence-corrected chi connectivity index (χ1v) is 5.81. The number of benzene rings is 1. The van der Waals surface area contributed by atoms with Gasteiger partial charge in [0.15, 0.2) is 11.5 Å². The average molecular weight is 262 g/mol. The van der Waals surface area contributed by atoms with Crippen LogP contribution in [0.15, 0.2) is 12.1 Å². The van der Waals surface area contributed by atoms with Crippen molar-refractivity contribution < 1.29 is 14.3 Å². The fourth-order valence-corrected chi connectivity index (χ4v) is 1.44. The third-order valence-corrected chi connectivity index (χ3v) is 2.83. The summed E-state index contributed by atoms with van der Waals surface area (Å²) in [5.41, 5.74) is 0.352. The van der Waals surface area contributed by atoms with Gasteiger partial charge in [0.1, 0.15) is 5.41 Å². The molecule has 5 nitrogen and oxygen atoms in total. The number of carbonyl (C=O) groups is 1. The molecular weight excluding hydrogens is 244 g/mol. The number of nitrogens with one attached hydrogen (secondary N) is 1. The number of nitrogens with zero attached hydrogens (tertiary/aromatic N) is 1. The van der Waals surface area contributed by atoms with E-state index < -0.39 is 5.41 Å². The highest BCUT2D eigenvalue weighted by Crippen LogP contribution is 2.33. The first kappa shape index (κ1) is 14.8. The van der Waals surface area contributed by atoms with Gasteiger partial charge in [-0.15, -0.1) is 0 Å². The van der Waals surface area contributed by atoms with Crippen LogP contribution in [0.3, 0.4) is 0 Å². The third kappa shape index (κ3) is 3.16. The largest absolute Gasteiger partial charge is 0.493 e. The van der Waals surface area contributed by atoms with Gasteiger partial charge in [0, 0.05) is 11.8 Å². The summed E-state index contributed by atoms with van der Waals surface area (Å²) in [7, 11) is 3.08. The molecule has 0 aliphatic heterocycles. The van der Waals surface area contributed by atoms with Crippen LogP contribution in [-0.2, 0) is 4.79 Å². The zero-order chi connectivity index (χ0) is 14.6. The van der Waals surface area contributed by atoms with Gasteiger partial charge in [0.25, 0.3) is 0 Å². The maximum absolute atomic E-state index is 12.0. The SMILES string of the molecule is COc1cc(C)c(NC(=O)C(C)(C)C#N)cc1OC. The lowest BCUT2D eigenvalue weighted by Crippen LogP contribution is -2.29. The van der Waals surface area contributed by atoms with E-state index in [1.807, 2.05) is 13.0 Å². The van der Waals surface area contributed by atoms with Crippen molar-refractivity contribution in [2.75, 3.05) is 19.5 Å². The minimum absolute atomic E-state index is 0.356. The highest BCUT2D eigenvalue weighted by molar-refractivity contribution is 5.97. The third-order valence-electron chi connectivity index (χ3n) is 2.83. The molecule has 0 atom stereocenters. The zero-order valence-electron chi connectivity index (χ0n) is 11.8. The van der Waals surface area contributed by atoms with Gasteiger partial charge in [-0.1, -0.05) is 0 Å². The van der Waals surface area contributed by atoms with Crippen molar-refractivity contribution in [2.24, 2.45) is 5.41 Å².